The second-order valence-electron chi connectivity index (χ2n) is 34.5. The molecule has 8 bridgehead atoms. The Morgan fingerprint density at radius 3 is 1.09 bits per heavy atom. The molecule has 1 saturated heterocycles. The van der Waals surface area contributed by atoms with E-state index >= 15 is 19.2 Å². The van der Waals surface area contributed by atoms with Crippen LogP contribution in [0.2, 0.25) is 0 Å². The van der Waals surface area contributed by atoms with Gasteiger partial charge in [0.25, 0.3) is 0 Å². The lowest BCUT2D eigenvalue weighted by atomic mass is 9.70. The van der Waals surface area contributed by atoms with E-state index < -0.39 is 95.8 Å². The van der Waals surface area contributed by atoms with E-state index in [1.165, 1.54) is 44.6 Å². The average Bonchev–Trinajstić information content (AvgIpc) is 1.06. The van der Waals surface area contributed by atoms with E-state index in [-0.39, 0.29) is 125 Å². The Bertz CT molecular complexity index is 5110. The zero-order valence-electron chi connectivity index (χ0n) is 67.6. The first-order valence-corrected chi connectivity index (χ1v) is 42.6. The number of allylic oxidation sites excluding steroid dienone is 18. The standard InChI is InChI=1S/C98H104N8O12/c1-103-67-39-35-65(53-67)93(111)101-83(49-57-17-7-5-8-18-57)97(115)106(4)70-42-34-64(52-70)92(110)100-82(46-48-118-86(108)56-62-38-44-80-76-30-14-24-60-22-12-28-74(88(60)76)78-32-16-26-72(62)90(78)80)96(114)104(2)68-40-36-66(54-68)94(112)102-84(50-58-19-9-6-10-20-58)98(116)105(3)69-41-33-63(51-69)91(109)99-81(95(103)113)45-47-117-85(107)55-61-37-43-79-75-29-13-23-59-21-11-27-73(87(59)75)77-31-15-25-71(61)89(77)79/h5-30,37-38,43-44,63-70,81-84,87-88H,31-36,39-42,45-56H2,1-4H3,(H,99,109)(H,100,110)(H,101,111)(H,102,112)/t63-,64-,65-,66-,67+,68+,69+,70+,81-,82-,83-,84+,87?,88?/m1/s1. The highest BCUT2D eigenvalue weighted by atomic mass is 16.5. The number of amides is 8. The van der Waals surface area contributed by atoms with Crippen molar-refractivity contribution in [2.75, 3.05) is 41.4 Å². The molecule has 14 atom stereocenters. The lowest BCUT2D eigenvalue weighted by Crippen LogP contribution is -2.53. The van der Waals surface area contributed by atoms with Crippen molar-refractivity contribution < 1.29 is 57.4 Å². The molecule has 4 aromatic carbocycles. The fourth-order valence-corrected chi connectivity index (χ4v) is 21.1. The third-order valence-corrected chi connectivity index (χ3v) is 27.7. The van der Waals surface area contributed by atoms with Crippen LogP contribution in [0.1, 0.15) is 136 Å². The number of carbonyl (C=O) groups is 10. The maximum absolute atomic E-state index is 15.2. The summed E-state index contributed by atoms with van der Waals surface area (Å²) in [4.78, 5) is 155. The van der Waals surface area contributed by atoms with Crippen molar-refractivity contribution in [1.82, 2.24) is 40.9 Å². The number of nitrogens with zero attached hydrogens (tertiary/aromatic N) is 4. The number of hydrogen-bond acceptors (Lipinski definition) is 12. The van der Waals surface area contributed by atoms with Crippen LogP contribution in [-0.2, 0) is 83.1 Å². The summed E-state index contributed by atoms with van der Waals surface area (Å²) in [7, 11) is 6.74. The van der Waals surface area contributed by atoms with Crippen LogP contribution in [0.25, 0.3) is 34.4 Å². The van der Waals surface area contributed by atoms with Crippen molar-refractivity contribution in [2.24, 2.45) is 35.5 Å². The van der Waals surface area contributed by atoms with Crippen LogP contribution < -0.4 is 42.1 Å². The van der Waals surface area contributed by atoms with Gasteiger partial charge in [0.15, 0.2) is 0 Å². The fourth-order valence-electron chi connectivity index (χ4n) is 21.1. The van der Waals surface area contributed by atoms with Crippen LogP contribution in [0.15, 0.2) is 192 Å². The van der Waals surface area contributed by atoms with E-state index in [2.05, 4.69) is 131 Å². The van der Waals surface area contributed by atoms with Gasteiger partial charge in [-0.3, -0.25) is 47.9 Å². The molecule has 20 heteroatoms. The highest BCUT2D eigenvalue weighted by molar-refractivity contribution is 5.95. The lowest BCUT2D eigenvalue weighted by Gasteiger charge is -2.34. The third kappa shape index (κ3) is 15.7. The highest BCUT2D eigenvalue weighted by Gasteiger charge is 2.45. The summed E-state index contributed by atoms with van der Waals surface area (Å²) < 4.78 is 12.1. The first-order chi connectivity index (χ1) is 57.3. The van der Waals surface area contributed by atoms with Crippen molar-refractivity contribution in [3.63, 3.8) is 0 Å². The molecule has 5 fully saturated rings. The molecule has 0 spiro atoms. The molecule has 1 aliphatic heterocycles. The van der Waals surface area contributed by atoms with E-state index in [4.69, 9.17) is 9.47 Å². The molecule has 118 heavy (non-hydrogen) atoms. The maximum Gasteiger partial charge on any atom is 0.310 e. The van der Waals surface area contributed by atoms with Crippen molar-refractivity contribution >= 4 is 93.6 Å². The second-order valence-corrected chi connectivity index (χ2v) is 34.5. The Labute approximate surface area is 688 Å². The first-order valence-electron chi connectivity index (χ1n) is 42.6. The second kappa shape index (κ2) is 33.8. The molecule has 608 valence electrons. The number of fused-ring (bicyclic) bond motifs is 10. The molecule has 1 heterocycles. The van der Waals surface area contributed by atoms with Crippen molar-refractivity contribution in [2.45, 2.75) is 177 Å². The van der Waals surface area contributed by atoms with Crippen LogP contribution >= 0.6 is 0 Å². The molecule has 4 saturated carbocycles. The highest BCUT2D eigenvalue weighted by Crippen LogP contribution is 2.45. The number of benzene rings is 4. The number of carbonyl (C=O) groups excluding carboxylic acids is 10. The minimum Gasteiger partial charge on any atom is -0.465 e. The molecule has 13 aliphatic rings. The van der Waals surface area contributed by atoms with Gasteiger partial charge in [0.1, 0.15) is 24.2 Å². The molecule has 2 unspecified atom stereocenters. The van der Waals surface area contributed by atoms with Crippen LogP contribution in [0, 0.1) is 35.5 Å². The minimum atomic E-state index is -1.14. The maximum atomic E-state index is 15.2. The third-order valence-electron chi connectivity index (χ3n) is 27.7. The van der Waals surface area contributed by atoms with Crippen molar-refractivity contribution in [3.05, 3.63) is 247 Å². The Balaban J connectivity index is 0.611. The number of nitrogens with one attached hydrogen (secondary N) is 4. The summed E-state index contributed by atoms with van der Waals surface area (Å²) in [5.41, 5.74) is 15.3. The lowest BCUT2D eigenvalue weighted by molar-refractivity contribution is -0.145. The fraction of sp³-hybridized carbons (Fsp3) is 0.408. The van der Waals surface area contributed by atoms with Gasteiger partial charge < -0.3 is 50.3 Å². The Morgan fingerprint density at radius 1 is 0.390 bits per heavy atom. The molecule has 4 aromatic rings. The van der Waals surface area contributed by atoms with Gasteiger partial charge in [-0.1, -0.05) is 182 Å². The molecule has 0 aromatic heterocycles. The molecule has 4 N–H and O–H groups in total. The summed E-state index contributed by atoms with van der Waals surface area (Å²) >= 11 is 0. The van der Waals surface area contributed by atoms with Gasteiger partial charge in [-0.2, -0.15) is 0 Å². The van der Waals surface area contributed by atoms with E-state index in [1.54, 1.807) is 47.8 Å². The molecular formula is C98H104N8O12. The van der Waals surface area contributed by atoms with Crippen LogP contribution in [0.3, 0.4) is 0 Å². The predicted molar refractivity (Wildman–Crippen MR) is 450 cm³/mol. The van der Waals surface area contributed by atoms with Gasteiger partial charge in [-0.25, -0.2) is 0 Å². The van der Waals surface area contributed by atoms with Gasteiger partial charge in [0.2, 0.25) is 47.3 Å². The molecule has 0 radical (unpaired) electrons. The SMILES string of the molecule is CN1C(=O)[C@H](Cc2ccccc2)NC(=O)[C@@H]2CC[C@@H](C2)N(C)C(=O)[C@@H](CCOC(=O)Cc2ccc3c4c2C=CCC=4C2=CC=CC4=CC=CC=3C42)NC(=O)[C@@H]2CC[C@@H](C2)N(C)C(=O)[C@@H](Cc2ccccc2)NC(=O)[C@@H]2CC[C@@H](C2)N(C)C(=O)[C@@H](CCOC(=O)Cc2ccc3c4c2C=CCC=4C2=CC=CC4=CC=CC=3C42)NC(=O)[C@@H]2CC[C@H]1C2. The van der Waals surface area contributed by atoms with Gasteiger partial charge in [-0.05, 0) is 189 Å². The Hall–Kier alpha value is -11.5. The predicted octanol–water partition coefficient (Wildman–Crippen LogP) is 7.97. The molecule has 8 amide bonds. The largest absolute Gasteiger partial charge is 0.465 e. The molecule has 20 nitrogen and oxygen atoms in total. The summed E-state index contributed by atoms with van der Waals surface area (Å²) in [5.74, 6) is -6.01. The van der Waals surface area contributed by atoms with Crippen LogP contribution in [0.5, 0.6) is 0 Å². The summed E-state index contributed by atoms with van der Waals surface area (Å²) in [6, 6.07) is 21.1. The Kier molecular flexibility index (Phi) is 22.6. The van der Waals surface area contributed by atoms with Gasteiger partial charge in [0, 0.05) is 114 Å². The van der Waals surface area contributed by atoms with Crippen molar-refractivity contribution in [3.8, 4) is 0 Å². The number of esters is 2. The first kappa shape index (κ1) is 79.0. The van der Waals surface area contributed by atoms with Crippen LogP contribution in [0.4, 0.5) is 0 Å². The zero-order chi connectivity index (χ0) is 81.6. The molecular weight excluding hydrogens is 1480 g/mol. The topological polar surface area (TPSA) is 250 Å². The average molecular weight is 1590 g/mol. The number of ether oxygens (including phenoxy) is 2. The molecule has 17 rings (SSSR count). The quantitative estimate of drug-likeness (QED) is 0.0878. The summed E-state index contributed by atoms with van der Waals surface area (Å²) in [6.45, 7) is -0.374. The van der Waals surface area contributed by atoms with E-state index in [0.29, 0.717) is 51.4 Å². The van der Waals surface area contributed by atoms with E-state index in [1.807, 2.05) is 72.8 Å². The van der Waals surface area contributed by atoms with E-state index in [0.717, 1.165) is 67.1 Å². The van der Waals surface area contributed by atoms with Gasteiger partial charge in [0.05, 0.1) is 26.1 Å². The summed E-state index contributed by atoms with van der Waals surface area (Å²) in [5, 5.41) is 17.0. The monoisotopic (exact) mass is 1580 g/mol. The van der Waals surface area contributed by atoms with Gasteiger partial charge >= 0.3 is 11.9 Å². The smallest absolute Gasteiger partial charge is 0.310 e. The number of hydrogen-bond donors (Lipinski definition) is 4. The summed E-state index contributed by atoms with van der Waals surface area (Å²) in [6.07, 6.45) is 40.7. The van der Waals surface area contributed by atoms with Crippen molar-refractivity contribution in [1.29, 1.82) is 0 Å². The normalized spacial score (nSPS) is 28.5. The Morgan fingerprint density at radius 2 is 0.729 bits per heavy atom. The zero-order valence-corrected chi connectivity index (χ0v) is 67.6. The van der Waals surface area contributed by atoms with Gasteiger partial charge in [-0.15, -0.1) is 0 Å². The number of rotatable bonds is 14. The van der Waals surface area contributed by atoms with E-state index in [9.17, 15) is 28.8 Å². The van der Waals surface area contributed by atoms with Crippen LogP contribution in [-0.4, -0.2) is 169 Å². The number of likely N-dealkylation sites (N-methyl/N-ethyl adjacent to an activating group) is 4. The minimum absolute atomic E-state index is 0.0211. The molecule has 12 aliphatic carbocycles.